The molecule has 1 aromatic rings. The second-order valence-electron chi connectivity index (χ2n) is 5.44. The van der Waals surface area contributed by atoms with E-state index in [1.54, 1.807) is 0 Å². The molecule has 0 saturated carbocycles. The van der Waals surface area contributed by atoms with Gasteiger partial charge in [0.15, 0.2) is 0 Å². The summed E-state index contributed by atoms with van der Waals surface area (Å²) in [6, 6.07) is 4.90. The van der Waals surface area contributed by atoms with Gasteiger partial charge in [0.05, 0.1) is 17.9 Å². The first-order valence-electron chi connectivity index (χ1n) is 7.12. The largest absolute Gasteiger partial charge is 0.397 e. The third-order valence-electron chi connectivity index (χ3n) is 4.04. The summed E-state index contributed by atoms with van der Waals surface area (Å²) < 4.78 is 13.0. The number of nitrogens with two attached hydrogens (primary N) is 1. The minimum Gasteiger partial charge on any atom is -0.397 e. The van der Waals surface area contributed by atoms with Crippen LogP contribution in [0.1, 0.15) is 33.1 Å². The van der Waals surface area contributed by atoms with Gasteiger partial charge in [-0.25, -0.2) is 4.39 Å². The number of likely N-dealkylation sites (tertiary alicyclic amines) is 1. The molecule has 0 aliphatic carbocycles. The zero-order valence-corrected chi connectivity index (χ0v) is 12.0. The number of nitrogens with zero attached hydrogens (tertiary/aromatic N) is 1. The molecular weight excluding hydrogens is 257 g/mol. The number of anilines is 2. The van der Waals surface area contributed by atoms with Crippen molar-refractivity contribution in [2.45, 2.75) is 45.2 Å². The summed E-state index contributed by atoms with van der Waals surface area (Å²) in [6.07, 6.45) is 3.32. The molecule has 1 saturated heterocycles. The number of halogens is 1. The predicted octanol–water partition coefficient (Wildman–Crippen LogP) is 2.61. The molecule has 0 bridgehead atoms. The number of nitrogens with one attached hydrogen (secondary N) is 1. The van der Waals surface area contributed by atoms with E-state index >= 15 is 0 Å². The summed E-state index contributed by atoms with van der Waals surface area (Å²) in [6.45, 7) is 4.65. The smallest absolute Gasteiger partial charge is 0.238 e. The van der Waals surface area contributed by atoms with Crippen LogP contribution in [0, 0.1) is 5.82 Å². The fraction of sp³-hybridized carbons (Fsp3) is 0.533. The Hall–Kier alpha value is -1.62. The van der Waals surface area contributed by atoms with Crippen molar-refractivity contribution in [1.29, 1.82) is 0 Å². The third-order valence-corrected chi connectivity index (χ3v) is 4.04. The number of amides is 1. The molecule has 0 radical (unpaired) electrons. The maximum atomic E-state index is 13.0. The van der Waals surface area contributed by atoms with Crippen molar-refractivity contribution in [3.8, 4) is 0 Å². The van der Waals surface area contributed by atoms with E-state index in [9.17, 15) is 9.18 Å². The second-order valence-corrected chi connectivity index (χ2v) is 5.44. The van der Waals surface area contributed by atoms with E-state index in [-0.39, 0.29) is 11.6 Å². The fourth-order valence-corrected chi connectivity index (χ4v) is 2.85. The van der Waals surface area contributed by atoms with E-state index < -0.39 is 5.82 Å². The third kappa shape index (κ3) is 3.28. The Labute approximate surface area is 119 Å². The van der Waals surface area contributed by atoms with Crippen LogP contribution in [0.5, 0.6) is 0 Å². The highest BCUT2D eigenvalue weighted by atomic mass is 19.1. The summed E-state index contributed by atoms with van der Waals surface area (Å²) in [5, 5.41) is 2.76. The molecule has 4 nitrogen and oxygen atoms in total. The van der Waals surface area contributed by atoms with Gasteiger partial charge in [-0.2, -0.15) is 0 Å². The van der Waals surface area contributed by atoms with Gasteiger partial charge in [-0.3, -0.25) is 9.69 Å². The maximum absolute atomic E-state index is 13.0. The van der Waals surface area contributed by atoms with Gasteiger partial charge in [0, 0.05) is 12.1 Å². The van der Waals surface area contributed by atoms with Crippen LogP contribution in [0.3, 0.4) is 0 Å². The van der Waals surface area contributed by atoms with Crippen molar-refractivity contribution in [2.24, 2.45) is 0 Å². The SMILES string of the molecule is CCC1CCC(C)N1CC(=O)Nc1ccc(F)cc1N. The van der Waals surface area contributed by atoms with Gasteiger partial charge in [0.1, 0.15) is 5.82 Å². The minimum absolute atomic E-state index is 0.101. The molecule has 0 spiro atoms. The van der Waals surface area contributed by atoms with E-state index in [1.165, 1.54) is 18.2 Å². The standard InChI is InChI=1S/C15H22FN3O/c1-3-12-6-4-10(2)19(12)9-15(20)18-14-7-5-11(16)8-13(14)17/h5,7-8,10,12H,3-4,6,9,17H2,1-2H3,(H,18,20). The van der Waals surface area contributed by atoms with Gasteiger partial charge in [0.2, 0.25) is 5.91 Å². The fourth-order valence-electron chi connectivity index (χ4n) is 2.85. The molecule has 1 fully saturated rings. The summed E-state index contributed by atoms with van der Waals surface area (Å²) in [7, 11) is 0. The van der Waals surface area contributed by atoms with Crippen LogP contribution in [0.15, 0.2) is 18.2 Å². The van der Waals surface area contributed by atoms with Gasteiger partial charge in [-0.15, -0.1) is 0 Å². The van der Waals surface area contributed by atoms with Crippen molar-refractivity contribution < 1.29 is 9.18 Å². The predicted molar refractivity (Wildman–Crippen MR) is 78.9 cm³/mol. The lowest BCUT2D eigenvalue weighted by atomic mass is 10.1. The number of carbonyl (C=O) groups excluding carboxylic acids is 1. The second kappa shape index (κ2) is 6.22. The van der Waals surface area contributed by atoms with E-state index in [4.69, 9.17) is 5.73 Å². The van der Waals surface area contributed by atoms with Gasteiger partial charge in [-0.1, -0.05) is 6.92 Å². The Balaban J connectivity index is 1.98. The van der Waals surface area contributed by atoms with Crippen LogP contribution in [0.2, 0.25) is 0 Å². The number of hydrogen-bond donors (Lipinski definition) is 2. The number of nitrogen functional groups attached to an aromatic ring is 1. The first-order chi connectivity index (χ1) is 9.51. The molecule has 1 aromatic carbocycles. The monoisotopic (exact) mass is 279 g/mol. The molecule has 1 amide bonds. The maximum Gasteiger partial charge on any atom is 0.238 e. The van der Waals surface area contributed by atoms with Crippen LogP contribution in [-0.2, 0) is 4.79 Å². The summed E-state index contributed by atoms with van der Waals surface area (Å²) >= 11 is 0. The number of rotatable bonds is 4. The van der Waals surface area contributed by atoms with Crippen molar-refractivity contribution >= 4 is 17.3 Å². The number of hydrogen-bond acceptors (Lipinski definition) is 3. The normalized spacial score (nSPS) is 22.9. The van der Waals surface area contributed by atoms with E-state index in [0.29, 0.717) is 24.3 Å². The molecule has 2 unspecified atom stereocenters. The molecule has 1 heterocycles. The van der Waals surface area contributed by atoms with Crippen molar-refractivity contribution in [3.05, 3.63) is 24.0 Å². The Morgan fingerprint density at radius 2 is 2.25 bits per heavy atom. The van der Waals surface area contributed by atoms with Crippen molar-refractivity contribution in [3.63, 3.8) is 0 Å². The van der Waals surface area contributed by atoms with E-state index in [2.05, 4.69) is 24.1 Å². The van der Waals surface area contributed by atoms with Gasteiger partial charge < -0.3 is 11.1 Å². The van der Waals surface area contributed by atoms with Crippen LogP contribution >= 0.6 is 0 Å². The lowest BCUT2D eigenvalue weighted by Crippen LogP contribution is -2.40. The number of benzene rings is 1. The topological polar surface area (TPSA) is 58.4 Å². The van der Waals surface area contributed by atoms with Crippen LogP contribution in [-0.4, -0.2) is 29.4 Å². The Morgan fingerprint density at radius 3 is 2.90 bits per heavy atom. The molecule has 2 atom stereocenters. The number of carbonyl (C=O) groups is 1. The highest BCUT2D eigenvalue weighted by molar-refractivity contribution is 5.95. The Kier molecular flexibility index (Phi) is 4.60. The molecule has 5 heteroatoms. The summed E-state index contributed by atoms with van der Waals surface area (Å²) in [5.74, 6) is -0.504. The van der Waals surface area contributed by atoms with Crippen molar-refractivity contribution in [1.82, 2.24) is 4.90 Å². The van der Waals surface area contributed by atoms with E-state index in [1.807, 2.05) is 0 Å². The average Bonchev–Trinajstić information content (AvgIpc) is 2.74. The lowest BCUT2D eigenvalue weighted by Gasteiger charge is -2.26. The zero-order valence-electron chi connectivity index (χ0n) is 12.0. The molecule has 110 valence electrons. The molecule has 3 N–H and O–H groups in total. The van der Waals surface area contributed by atoms with Crippen LogP contribution in [0.4, 0.5) is 15.8 Å². The lowest BCUT2D eigenvalue weighted by molar-refractivity contribution is -0.118. The molecule has 2 rings (SSSR count). The molecular formula is C15H22FN3O. The summed E-state index contributed by atoms with van der Waals surface area (Å²) in [5.41, 5.74) is 6.41. The molecule has 1 aliphatic heterocycles. The highest BCUT2D eigenvalue weighted by Crippen LogP contribution is 2.26. The first kappa shape index (κ1) is 14.8. The van der Waals surface area contributed by atoms with Crippen LogP contribution < -0.4 is 11.1 Å². The Morgan fingerprint density at radius 1 is 1.50 bits per heavy atom. The zero-order chi connectivity index (χ0) is 14.7. The van der Waals surface area contributed by atoms with Crippen LogP contribution in [0.25, 0.3) is 0 Å². The molecule has 20 heavy (non-hydrogen) atoms. The van der Waals surface area contributed by atoms with E-state index in [0.717, 1.165) is 19.3 Å². The van der Waals surface area contributed by atoms with Crippen molar-refractivity contribution in [2.75, 3.05) is 17.6 Å². The quantitative estimate of drug-likeness (QED) is 0.833. The first-order valence-corrected chi connectivity index (χ1v) is 7.12. The van der Waals surface area contributed by atoms with Gasteiger partial charge in [0.25, 0.3) is 0 Å². The highest BCUT2D eigenvalue weighted by Gasteiger charge is 2.30. The minimum atomic E-state index is -0.403. The molecule has 1 aliphatic rings. The molecule has 0 aromatic heterocycles. The Bertz CT molecular complexity index is 492. The van der Waals surface area contributed by atoms with Gasteiger partial charge in [-0.05, 0) is 44.4 Å². The van der Waals surface area contributed by atoms with Gasteiger partial charge >= 0.3 is 0 Å². The summed E-state index contributed by atoms with van der Waals surface area (Å²) in [4.78, 5) is 14.3. The average molecular weight is 279 g/mol.